The second-order valence-electron chi connectivity index (χ2n) is 3.71. The first-order chi connectivity index (χ1) is 6.74. The SMILES string of the molecule is COCC(C)OC(=O)[C@H]1CCCCN1. The van der Waals surface area contributed by atoms with E-state index in [2.05, 4.69) is 5.32 Å². The van der Waals surface area contributed by atoms with Crippen LogP contribution >= 0.6 is 0 Å². The van der Waals surface area contributed by atoms with Crippen LogP contribution in [-0.4, -0.2) is 38.4 Å². The molecule has 2 atom stereocenters. The molecule has 1 aliphatic heterocycles. The first-order valence-electron chi connectivity index (χ1n) is 5.17. The number of methoxy groups -OCH3 is 1. The van der Waals surface area contributed by atoms with E-state index in [-0.39, 0.29) is 18.1 Å². The highest BCUT2D eigenvalue weighted by Gasteiger charge is 2.23. The van der Waals surface area contributed by atoms with E-state index in [1.54, 1.807) is 7.11 Å². The summed E-state index contributed by atoms with van der Waals surface area (Å²) >= 11 is 0. The van der Waals surface area contributed by atoms with Gasteiger partial charge < -0.3 is 14.8 Å². The van der Waals surface area contributed by atoms with Crippen molar-refractivity contribution in [3.05, 3.63) is 0 Å². The molecule has 1 heterocycles. The fourth-order valence-corrected chi connectivity index (χ4v) is 1.60. The average molecular weight is 201 g/mol. The summed E-state index contributed by atoms with van der Waals surface area (Å²) in [7, 11) is 1.60. The van der Waals surface area contributed by atoms with Crippen LogP contribution in [0.4, 0.5) is 0 Å². The number of hydrogen-bond donors (Lipinski definition) is 1. The fourth-order valence-electron chi connectivity index (χ4n) is 1.60. The molecule has 1 fully saturated rings. The predicted molar refractivity (Wildman–Crippen MR) is 53.1 cm³/mol. The Bertz CT molecular complexity index is 178. The van der Waals surface area contributed by atoms with Crippen molar-refractivity contribution in [1.82, 2.24) is 5.32 Å². The zero-order valence-corrected chi connectivity index (χ0v) is 8.91. The third kappa shape index (κ3) is 3.64. The van der Waals surface area contributed by atoms with Crippen LogP contribution in [0.25, 0.3) is 0 Å². The molecule has 82 valence electrons. The van der Waals surface area contributed by atoms with Crippen molar-refractivity contribution < 1.29 is 14.3 Å². The Morgan fingerprint density at radius 3 is 2.93 bits per heavy atom. The molecule has 1 N–H and O–H groups in total. The van der Waals surface area contributed by atoms with Crippen LogP contribution in [-0.2, 0) is 14.3 Å². The van der Waals surface area contributed by atoms with Gasteiger partial charge in [-0.15, -0.1) is 0 Å². The minimum atomic E-state index is -0.156. The fraction of sp³-hybridized carbons (Fsp3) is 0.900. The molecule has 0 bridgehead atoms. The highest BCUT2D eigenvalue weighted by Crippen LogP contribution is 2.09. The number of esters is 1. The van der Waals surface area contributed by atoms with Crippen molar-refractivity contribution in [2.75, 3.05) is 20.3 Å². The summed E-state index contributed by atoms with van der Waals surface area (Å²) in [6.45, 7) is 3.21. The van der Waals surface area contributed by atoms with Gasteiger partial charge in [0.2, 0.25) is 0 Å². The number of nitrogens with one attached hydrogen (secondary N) is 1. The molecule has 0 aromatic heterocycles. The molecular weight excluding hydrogens is 182 g/mol. The van der Waals surface area contributed by atoms with Crippen molar-refractivity contribution in [3.63, 3.8) is 0 Å². The van der Waals surface area contributed by atoms with Gasteiger partial charge in [-0.2, -0.15) is 0 Å². The van der Waals surface area contributed by atoms with E-state index in [9.17, 15) is 4.79 Å². The maximum atomic E-state index is 11.5. The van der Waals surface area contributed by atoms with E-state index in [0.717, 1.165) is 25.8 Å². The lowest BCUT2D eigenvalue weighted by Crippen LogP contribution is -2.42. The van der Waals surface area contributed by atoms with Crippen LogP contribution in [0.5, 0.6) is 0 Å². The van der Waals surface area contributed by atoms with Crippen molar-refractivity contribution in [3.8, 4) is 0 Å². The van der Waals surface area contributed by atoms with E-state index >= 15 is 0 Å². The van der Waals surface area contributed by atoms with Gasteiger partial charge >= 0.3 is 5.97 Å². The number of carbonyl (C=O) groups is 1. The molecule has 0 spiro atoms. The molecule has 1 unspecified atom stereocenters. The van der Waals surface area contributed by atoms with E-state index in [1.807, 2.05) is 6.92 Å². The molecule has 0 aromatic rings. The summed E-state index contributed by atoms with van der Waals surface area (Å²) in [4.78, 5) is 11.5. The number of carbonyl (C=O) groups excluding carboxylic acids is 1. The van der Waals surface area contributed by atoms with Gasteiger partial charge in [0.05, 0.1) is 6.61 Å². The second-order valence-corrected chi connectivity index (χ2v) is 3.71. The first-order valence-corrected chi connectivity index (χ1v) is 5.17. The van der Waals surface area contributed by atoms with Crippen LogP contribution < -0.4 is 5.32 Å². The summed E-state index contributed by atoms with van der Waals surface area (Å²) < 4.78 is 10.1. The first kappa shape index (κ1) is 11.5. The third-order valence-corrected chi connectivity index (χ3v) is 2.31. The summed E-state index contributed by atoms with van der Waals surface area (Å²) in [5.41, 5.74) is 0. The highest BCUT2D eigenvalue weighted by atomic mass is 16.6. The molecule has 0 aliphatic carbocycles. The highest BCUT2D eigenvalue weighted by molar-refractivity contribution is 5.76. The summed E-state index contributed by atoms with van der Waals surface area (Å²) in [6, 6.07) is -0.108. The standard InChI is InChI=1S/C10H19NO3/c1-8(7-13-2)14-10(12)9-5-3-4-6-11-9/h8-9,11H,3-7H2,1-2H3/t8?,9-/m1/s1. The molecule has 1 aliphatic rings. The van der Waals surface area contributed by atoms with Crippen molar-refractivity contribution in [1.29, 1.82) is 0 Å². The Kier molecular flexibility index (Phi) is 4.90. The lowest BCUT2D eigenvalue weighted by Gasteiger charge is -2.23. The lowest BCUT2D eigenvalue weighted by atomic mass is 10.1. The Morgan fingerprint density at radius 1 is 1.57 bits per heavy atom. The minimum Gasteiger partial charge on any atom is -0.459 e. The normalized spacial score (nSPS) is 24.3. The van der Waals surface area contributed by atoms with Crippen molar-refractivity contribution in [2.24, 2.45) is 0 Å². The molecule has 1 rings (SSSR count). The van der Waals surface area contributed by atoms with Gasteiger partial charge in [-0.3, -0.25) is 4.79 Å². The maximum Gasteiger partial charge on any atom is 0.323 e. The smallest absolute Gasteiger partial charge is 0.323 e. The van der Waals surface area contributed by atoms with Gasteiger partial charge in [0.15, 0.2) is 0 Å². The number of hydrogen-bond acceptors (Lipinski definition) is 4. The minimum absolute atomic E-state index is 0.108. The largest absolute Gasteiger partial charge is 0.459 e. The zero-order valence-electron chi connectivity index (χ0n) is 8.91. The van der Waals surface area contributed by atoms with Crippen molar-refractivity contribution >= 4 is 5.97 Å². The molecule has 0 amide bonds. The van der Waals surface area contributed by atoms with Crippen LogP contribution in [0.3, 0.4) is 0 Å². The van der Waals surface area contributed by atoms with E-state index < -0.39 is 0 Å². The summed E-state index contributed by atoms with van der Waals surface area (Å²) in [5.74, 6) is -0.144. The van der Waals surface area contributed by atoms with Gasteiger partial charge in [0, 0.05) is 7.11 Å². The Hall–Kier alpha value is -0.610. The van der Waals surface area contributed by atoms with Gasteiger partial charge in [-0.05, 0) is 26.3 Å². The molecule has 14 heavy (non-hydrogen) atoms. The van der Waals surface area contributed by atoms with Gasteiger partial charge in [-0.1, -0.05) is 6.42 Å². The molecule has 4 heteroatoms. The number of piperidine rings is 1. The zero-order chi connectivity index (χ0) is 10.4. The van der Waals surface area contributed by atoms with Crippen molar-refractivity contribution in [2.45, 2.75) is 38.3 Å². The topological polar surface area (TPSA) is 47.6 Å². The molecule has 4 nitrogen and oxygen atoms in total. The number of rotatable bonds is 4. The molecule has 0 saturated carbocycles. The van der Waals surface area contributed by atoms with E-state index in [0.29, 0.717) is 6.61 Å². The monoisotopic (exact) mass is 201 g/mol. The van der Waals surface area contributed by atoms with Gasteiger partial charge in [0.1, 0.15) is 12.1 Å². The van der Waals surface area contributed by atoms with Gasteiger partial charge in [-0.25, -0.2) is 0 Å². The van der Waals surface area contributed by atoms with E-state index in [4.69, 9.17) is 9.47 Å². The quantitative estimate of drug-likeness (QED) is 0.680. The summed E-state index contributed by atoms with van der Waals surface area (Å²) in [5, 5.41) is 3.15. The predicted octanol–water partition coefficient (Wildman–Crippen LogP) is 0.707. The van der Waals surface area contributed by atoms with E-state index in [1.165, 1.54) is 0 Å². The molecule has 0 radical (unpaired) electrons. The Labute approximate surface area is 85.0 Å². The Balaban J connectivity index is 2.25. The van der Waals surface area contributed by atoms with Crippen LogP contribution in [0.1, 0.15) is 26.2 Å². The molecular formula is C10H19NO3. The average Bonchev–Trinajstić information content (AvgIpc) is 2.19. The van der Waals surface area contributed by atoms with Crippen LogP contribution in [0.2, 0.25) is 0 Å². The van der Waals surface area contributed by atoms with Gasteiger partial charge in [0.25, 0.3) is 0 Å². The lowest BCUT2D eigenvalue weighted by molar-refractivity contribution is -0.153. The Morgan fingerprint density at radius 2 is 2.36 bits per heavy atom. The number of ether oxygens (including phenoxy) is 2. The maximum absolute atomic E-state index is 11.5. The molecule has 0 aromatic carbocycles. The third-order valence-electron chi connectivity index (χ3n) is 2.31. The van der Waals surface area contributed by atoms with Crippen LogP contribution in [0.15, 0.2) is 0 Å². The van der Waals surface area contributed by atoms with Crippen LogP contribution in [0, 0.1) is 0 Å². The summed E-state index contributed by atoms with van der Waals surface area (Å²) in [6.07, 6.45) is 2.98. The molecule has 1 saturated heterocycles. The second kappa shape index (κ2) is 5.98.